The first kappa shape index (κ1) is 19.5. The zero-order valence-corrected chi connectivity index (χ0v) is 17.9. The lowest BCUT2D eigenvalue weighted by Crippen LogP contribution is -2.50. The summed E-state index contributed by atoms with van der Waals surface area (Å²) in [6.07, 6.45) is 0.447. The first-order chi connectivity index (χ1) is 15.1. The van der Waals surface area contributed by atoms with E-state index in [2.05, 4.69) is 33.3 Å². The molecule has 1 saturated heterocycles. The van der Waals surface area contributed by atoms with E-state index in [1.165, 1.54) is 0 Å². The number of piperazine rings is 1. The van der Waals surface area contributed by atoms with Crippen LogP contribution in [0.25, 0.3) is 16.6 Å². The molecular weight excluding hydrogens is 388 g/mol. The molecule has 158 valence electrons. The van der Waals surface area contributed by atoms with Crippen molar-refractivity contribution in [3.63, 3.8) is 0 Å². The number of amides is 1. The monoisotopic (exact) mass is 414 g/mol. The van der Waals surface area contributed by atoms with Crippen molar-refractivity contribution in [3.05, 3.63) is 66.0 Å². The largest absolute Gasteiger partial charge is 0.339 e. The van der Waals surface area contributed by atoms with Gasteiger partial charge in [0.2, 0.25) is 11.9 Å². The highest BCUT2D eigenvalue weighted by molar-refractivity contribution is 5.92. The lowest BCUT2D eigenvalue weighted by Gasteiger charge is -2.35. The number of nitrogens with zero attached hydrogens (tertiary/aromatic N) is 6. The van der Waals surface area contributed by atoms with E-state index in [1.807, 2.05) is 59.5 Å². The van der Waals surface area contributed by atoms with Crippen LogP contribution in [0.1, 0.15) is 31.2 Å². The molecule has 0 atom stereocenters. The van der Waals surface area contributed by atoms with Crippen LogP contribution in [-0.4, -0.2) is 56.6 Å². The maximum absolute atomic E-state index is 12.8. The lowest BCUT2D eigenvalue weighted by molar-refractivity contribution is -0.130. The fraction of sp³-hybridized carbons (Fsp3) is 0.333. The second-order valence-electron chi connectivity index (χ2n) is 8.33. The minimum atomic E-state index is 0.176. The van der Waals surface area contributed by atoms with Gasteiger partial charge in [0, 0.05) is 37.5 Å². The van der Waals surface area contributed by atoms with Gasteiger partial charge in [-0.05, 0) is 17.7 Å². The van der Waals surface area contributed by atoms with Crippen LogP contribution in [-0.2, 0) is 11.2 Å². The molecule has 0 unspecified atom stereocenters. The Morgan fingerprint density at radius 3 is 2.39 bits per heavy atom. The average Bonchev–Trinajstić information content (AvgIpc) is 3.25. The summed E-state index contributed by atoms with van der Waals surface area (Å²) in [6, 6.07) is 18.0. The van der Waals surface area contributed by atoms with Crippen molar-refractivity contribution in [2.24, 2.45) is 0 Å². The molecule has 3 heterocycles. The van der Waals surface area contributed by atoms with Crippen LogP contribution < -0.4 is 4.90 Å². The van der Waals surface area contributed by atoms with Gasteiger partial charge in [-0.3, -0.25) is 4.79 Å². The molecule has 0 spiro atoms. The van der Waals surface area contributed by atoms with Gasteiger partial charge in [-0.1, -0.05) is 56.3 Å². The minimum Gasteiger partial charge on any atom is -0.339 e. The van der Waals surface area contributed by atoms with Crippen LogP contribution in [0.2, 0.25) is 0 Å². The zero-order chi connectivity index (χ0) is 21.4. The summed E-state index contributed by atoms with van der Waals surface area (Å²) >= 11 is 0. The number of fused-ring (bicyclic) bond motifs is 3. The number of aromatic nitrogens is 4. The predicted octanol–water partition coefficient (Wildman–Crippen LogP) is 3.29. The molecule has 5 rings (SSSR count). The highest BCUT2D eigenvalue weighted by Crippen LogP contribution is 2.27. The Balaban J connectivity index is 1.42. The molecule has 0 radical (unpaired) electrons. The molecule has 1 amide bonds. The summed E-state index contributed by atoms with van der Waals surface area (Å²) in [4.78, 5) is 22.0. The minimum absolute atomic E-state index is 0.176. The smallest absolute Gasteiger partial charge is 0.227 e. The molecule has 1 aliphatic heterocycles. The summed E-state index contributed by atoms with van der Waals surface area (Å²) in [5, 5.41) is 9.97. The van der Waals surface area contributed by atoms with Crippen molar-refractivity contribution < 1.29 is 4.79 Å². The Hall–Kier alpha value is -3.48. The number of carbonyl (C=O) groups excluding carboxylic acids is 1. The fourth-order valence-corrected chi connectivity index (χ4v) is 4.21. The standard InChI is InChI=1S/C24H26N6O/c1-17(2)22-26-27-23-19-10-6-7-11-20(19)25-24(30(22)23)29-14-12-28(13-15-29)21(31)16-18-8-4-3-5-9-18/h3-11,17H,12-16H2,1-2H3. The second kappa shape index (κ2) is 7.98. The molecule has 0 bridgehead atoms. The molecule has 0 aliphatic carbocycles. The van der Waals surface area contributed by atoms with E-state index in [1.54, 1.807) is 0 Å². The van der Waals surface area contributed by atoms with Gasteiger partial charge in [0.05, 0.1) is 11.9 Å². The first-order valence-electron chi connectivity index (χ1n) is 10.8. The number of para-hydroxylation sites is 1. The Labute approximate surface area is 181 Å². The number of benzene rings is 2. The average molecular weight is 415 g/mol. The molecule has 7 heteroatoms. The molecule has 0 saturated carbocycles. The molecule has 31 heavy (non-hydrogen) atoms. The van der Waals surface area contributed by atoms with E-state index < -0.39 is 0 Å². The second-order valence-corrected chi connectivity index (χ2v) is 8.33. The Bertz CT molecular complexity index is 1230. The third-order valence-corrected chi connectivity index (χ3v) is 5.88. The molecule has 2 aromatic heterocycles. The summed E-state index contributed by atoms with van der Waals surface area (Å²) < 4.78 is 2.09. The van der Waals surface area contributed by atoms with Gasteiger partial charge in [0.1, 0.15) is 5.82 Å². The Morgan fingerprint density at radius 2 is 1.65 bits per heavy atom. The first-order valence-corrected chi connectivity index (χ1v) is 10.8. The summed E-state index contributed by atoms with van der Waals surface area (Å²) in [6.45, 7) is 7.07. The maximum Gasteiger partial charge on any atom is 0.227 e. The van der Waals surface area contributed by atoms with Gasteiger partial charge in [-0.2, -0.15) is 0 Å². The summed E-state index contributed by atoms with van der Waals surface area (Å²) in [7, 11) is 0. The molecule has 1 fully saturated rings. The lowest BCUT2D eigenvalue weighted by atomic mass is 10.1. The van der Waals surface area contributed by atoms with Crippen LogP contribution in [0.4, 0.5) is 5.95 Å². The Kier molecular flexibility index (Phi) is 5.02. The molecule has 7 nitrogen and oxygen atoms in total. The van der Waals surface area contributed by atoms with Gasteiger partial charge in [-0.15, -0.1) is 10.2 Å². The third-order valence-electron chi connectivity index (χ3n) is 5.88. The van der Waals surface area contributed by atoms with E-state index in [9.17, 15) is 4.79 Å². The molecular formula is C24H26N6O. The van der Waals surface area contributed by atoms with Crippen molar-refractivity contribution >= 4 is 28.4 Å². The van der Waals surface area contributed by atoms with E-state index in [-0.39, 0.29) is 11.8 Å². The molecule has 1 aliphatic rings. The number of rotatable bonds is 4. The van der Waals surface area contributed by atoms with Gasteiger partial charge < -0.3 is 9.80 Å². The van der Waals surface area contributed by atoms with Crippen LogP contribution in [0, 0.1) is 0 Å². The van der Waals surface area contributed by atoms with Crippen LogP contribution in [0.15, 0.2) is 54.6 Å². The van der Waals surface area contributed by atoms with Gasteiger partial charge in [0.15, 0.2) is 5.65 Å². The zero-order valence-electron chi connectivity index (χ0n) is 17.9. The topological polar surface area (TPSA) is 66.6 Å². The van der Waals surface area contributed by atoms with Gasteiger partial charge >= 0.3 is 0 Å². The summed E-state index contributed by atoms with van der Waals surface area (Å²) in [5.41, 5.74) is 2.81. The Morgan fingerprint density at radius 1 is 0.935 bits per heavy atom. The van der Waals surface area contributed by atoms with Gasteiger partial charge in [-0.25, -0.2) is 9.38 Å². The number of hydrogen-bond acceptors (Lipinski definition) is 5. The SMILES string of the molecule is CC(C)c1nnc2c3ccccc3nc(N3CCN(C(=O)Cc4ccccc4)CC3)n12. The summed E-state index contributed by atoms with van der Waals surface area (Å²) in [5.74, 6) is 2.17. The molecule has 2 aromatic carbocycles. The van der Waals surface area contributed by atoms with Crippen molar-refractivity contribution in [1.29, 1.82) is 0 Å². The third kappa shape index (κ3) is 3.60. The van der Waals surface area contributed by atoms with Crippen LogP contribution in [0.5, 0.6) is 0 Å². The number of anilines is 1. The van der Waals surface area contributed by atoms with Crippen molar-refractivity contribution in [1.82, 2.24) is 24.5 Å². The fourth-order valence-electron chi connectivity index (χ4n) is 4.21. The van der Waals surface area contributed by atoms with E-state index in [4.69, 9.17) is 4.98 Å². The molecule has 0 N–H and O–H groups in total. The number of carbonyl (C=O) groups is 1. The number of hydrogen-bond donors (Lipinski definition) is 0. The van der Waals surface area contributed by atoms with E-state index in [0.29, 0.717) is 19.5 Å². The quantitative estimate of drug-likeness (QED) is 0.513. The van der Waals surface area contributed by atoms with Gasteiger partial charge in [0.25, 0.3) is 0 Å². The van der Waals surface area contributed by atoms with Crippen molar-refractivity contribution in [3.8, 4) is 0 Å². The molecule has 4 aromatic rings. The highest BCUT2D eigenvalue weighted by atomic mass is 16.2. The maximum atomic E-state index is 12.8. The van der Waals surface area contributed by atoms with Crippen LogP contribution in [0.3, 0.4) is 0 Å². The normalized spacial score (nSPS) is 14.7. The van der Waals surface area contributed by atoms with E-state index in [0.717, 1.165) is 47.0 Å². The van der Waals surface area contributed by atoms with Crippen LogP contribution >= 0.6 is 0 Å². The van der Waals surface area contributed by atoms with E-state index >= 15 is 0 Å². The van der Waals surface area contributed by atoms with Crippen molar-refractivity contribution in [2.75, 3.05) is 31.1 Å². The predicted molar refractivity (Wildman–Crippen MR) is 121 cm³/mol. The van der Waals surface area contributed by atoms with Crippen molar-refractivity contribution in [2.45, 2.75) is 26.2 Å². The highest BCUT2D eigenvalue weighted by Gasteiger charge is 2.26.